The van der Waals surface area contributed by atoms with Crippen LogP contribution in [0.4, 0.5) is 0 Å². The maximum absolute atomic E-state index is 11.3. The summed E-state index contributed by atoms with van der Waals surface area (Å²) in [6.07, 6.45) is 5.17. The number of rotatable bonds is 4. The molecule has 3 heteroatoms. The van der Waals surface area contributed by atoms with Crippen molar-refractivity contribution in [3.8, 4) is 0 Å². The van der Waals surface area contributed by atoms with Gasteiger partial charge in [0.1, 0.15) is 5.60 Å². The third-order valence-electron chi connectivity index (χ3n) is 3.92. The molecule has 3 aromatic rings. The first kappa shape index (κ1) is 14.4. The van der Waals surface area contributed by atoms with Gasteiger partial charge >= 0.3 is 0 Å². The zero-order chi connectivity index (χ0) is 15.4. The van der Waals surface area contributed by atoms with Gasteiger partial charge in [0, 0.05) is 24.2 Å². The Morgan fingerprint density at radius 1 is 0.909 bits per heavy atom. The van der Waals surface area contributed by atoms with Crippen molar-refractivity contribution < 1.29 is 5.11 Å². The minimum absolute atomic E-state index is 0.265. The molecule has 0 aliphatic heterocycles. The summed E-state index contributed by atoms with van der Waals surface area (Å²) in [5.41, 5.74) is 1.52. The molecule has 0 amide bonds. The number of aliphatic hydroxyl groups is 1. The Kier molecular flexibility index (Phi) is 3.98. The third-order valence-corrected chi connectivity index (χ3v) is 3.92. The van der Waals surface area contributed by atoms with Crippen LogP contribution in [0, 0.1) is 0 Å². The Morgan fingerprint density at radius 2 is 1.68 bits per heavy atom. The van der Waals surface area contributed by atoms with E-state index in [1.165, 1.54) is 0 Å². The first-order valence-corrected chi connectivity index (χ1v) is 7.28. The van der Waals surface area contributed by atoms with E-state index in [-0.39, 0.29) is 5.92 Å². The molecule has 1 N–H and O–H groups in total. The van der Waals surface area contributed by atoms with Crippen molar-refractivity contribution in [2.45, 2.75) is 18.4 Å². The summed E-state index contributed by atoms with van der Waals surface area (Å²) in [5, 5.41) is 11.3. The Bertz CT molecular complexity index is 673. The fourth-order valence-electron chi connectivity index (χ4n) is 2.80. The fraction of sp³-hybridized carbons (Fsp3) is 0.158. The zero-order valence-corrected chi connectivity index (χ0v) is 12.4. The molecule has 110 valence electrons. The second-order valence-corrected chi connectivity index (χ2v) is 5.49. The molecule has 2 atom stereocenters. The lowest BCUT2D eigenvalue weighted by Crippen LogP contribution is -2.31. The van der Waals surface area contributed by atoms with Gasteiger partial charge in [0.2, 0.25) is 0 Å². The van der Waals surface area contributed by atoms with Gasteiger partial charge in [0.25, 0.3) is 0 Å². The van der Waals surface area contributed by atoms with Gasteiger partial charge in [0.15, 0.2) is 0 Å². The molecule has 2 aromatic heterocycles. The van der Waals surface area contributed by atoms with Crippen LogP contribution in [-0.2, 0) is 5.60 Å². The van der Waals surface area contributed by atoms with E-state index >= 15 is 0 Å². The topological polar surface area (TPSA) is 46.0 Å². The average molecular weight is 290 g/mol. The van der Waals surface area contributed by atoms with Gasteiger partial charge in [-0.05, 0) is 30.7 Å². The second kappa shape index (κ2) is 6.08. The summed E-state index contributed by atoms with van der Waals surface area (Å²) in [6.45, 7) is 1.82. The fourth-order valence-corrected chi connectivity index (χ4v) is 2.80. The van der Waals surface area contributed by atoms with Crippen molar-refractivity contribution in [1.82, 2.24) is 9.97 Å². The molecular formula is C19H18N2O. The van der Waals surface area contributed by atoms with Crippen LogP contribution in [0.15, 0.2) is 79.3 Å². The van der Waals surface area contributed by atoms with Gasteiger partial charge in [-0.2, -0.15) is 0 Å². The number of benzene rings is 1. The third kappa shape index (κ3) is 2.76. The predicted octanol–water partition coefficient (Wildman–Crippen LogP) is 3.52. The number of pyridine rings is 2. The first-order chi connectivity index (χ1) is 10.7. The number of nitrogens with zero attached hydrogens (tertiary/aromatic N) is 2. The van der Waals surface area contributed by atoms with E-state index in [1.54, 1.807) is 18.6 Å². The SMILES string of the molecule is C[C@](O)(c1cccnc1)[C@H](c1ccccc1)c1ccccn1. The van der Waals surface area contributed by atoms with Crippen molar-refractivity contribution in [2.75, 3.05) is 0 Å². The van der Waals surface area contributed by atoms with E-state index in [9.17, 15) is 5.11 Å². The highest BCUT2D eigenvalue weighted by atomic mass is 16.3. The summed E-state index contributed by atoms with van der Waals surface area (Å²) in [7, 11) is 0. The van der Waals surface area contributed by atoms with Crippen LogP contribution in [0.25, 0.3) is 0 Å². The van der Waals surface area contributed by atoms with Crippen LogP contribution in [0.3, 0.4) is 0 Å². The van der Waals surface area contributed by atoms with Crippen molar-refractivity contribution in [2.24, 2.45) is 0 Å². The normalized spacial score (nSPS) is 15.0. The summed E-state index contributed by atoms with van der Waals surface area (Å²) in [6, 6.07) is 19.5. The highest BCUT2D eigenvalue weighted by molar-refractivity contribution is 5.36. The van der Waals surface area contributed by atoms with Crippen LogP contribution in [0.2, 0.25) is 0 Å². The minimum atomic E-state index is -1.11. The van der Waals surface area contributed by atoms with Crippen LogP contribution < -0.4 is 0 Å². The van der Waals surface area contributed by atoms with Crippen LogP contribution in [-0.4, -0.2) is 15.1 Å². The van der Waals surface area contributed by atoms with Crippen molar-refractivity contribution in [1.29, 1.82) is 0 Å². The highest BCUT2D eigenvalue weighted by Crippen LogP contribution is 2.40. The molecule has 3 rings (SSSR count). The maximum Gasteiger partial charge on any atom is 0.101 e. The lowest BCUT2D eigenvalue weighted by Gasteiger charge is -2.33. The molecule has 0 aliphatic carbocycles. The van der Waals surface area contributed by atoms with E-state index in [1.807, 2.05) is 67.6 Å². The summed E-state index contributed by atoms with van der Waals surface area (Å²) >= 11 is 0. The molecule has 0 unspecified atom stereocenters. The van der Waals surface area contributed by atoms with Crippen LogP contribution in [0.5, 0.6) is 0 Å². The summed E-state index contributed by atoms with van der Waals surface area (Å²) in [4.78, 5) is 8.61. The lowest BCUT2D eigenvalue weighted by molar-refractivity contribution is 0.0377. The predicted molar refractivity (Wildman–Crippen MR) is 86.3 cm³/mol. The van der Waals surface area contributed by atoms with Crippen molar-refractivity contribution in [3.05, 3.63) is 96.1 Å². The molecule has 0 spiro atoms. The molecule has 22 heavy (non-hydrogen) atoms. The van der Waals surface area contributed by atoms with E-state index < -0.39 is 5.60 Å². The highest BCUT2D eigenvalue weighted by Gasteiger charge is 2.37. The van der Waals surface area contributed by atoms with E-state index in [2.05, 4.69) is 9.97 Å². The standard InChI is InChI=1S/C19H18N2O/c1-19(22,16-10-7-12-20-14-16)18(15-8-3-2-4-9-15)17-11-5-6-13-21-17/h2-14,18,22H,1H3/t18-,19+/m1/s1. The van der Waals surface area contributed by atoms with Crippen LogP contribution in [0.1, 0.15) is 29.7 Å². The molecular weight excluding hydrogens is 272 g/mol. The minimum Gasteiger partial charge on any atom is -0.384 e. The molecule has 0 aliphatic rings. The first-order valence-electron chi connectivity index (χ1n) is 7.28. The number of hydrogen-bond acceptors (Lipinski definition) is 3. The van der Waals surface area contributed by atoms with Crippen LogP contribution >= 0.6 is 0 Å². The molecule has 3 nitrogen and oxygen atoms in total. The molecule has 0 fully saturated rings. The van der Waals surface area contributed by atoms with Crippen molar-refractivity contribution in [3.63, 3.8) is 0 Å². The Labute approximate surface area is 130 Å². The Balaban J connectivity index is 2.14. The molecule has 0 radical (unpaired) electrons. The Hall–Kier alpha value is -2.52. The van der Waals surface area contributed by atoms with Gasteiger partial charge in [-0.15, -0.1) is 0 Å². The van der Waals surface area contributed by atoms with Gasteiger partial charge in [-0.3, -0.25) is 9.97 Å². The summed E-state index contributed by atoms with van der Waals surface area (Å²) < 4.78 is 0. The van der Waals surface area contributed by atoms with E-state index in [0.717, 1.165) is 16.8 Å². The molecule has 0 saturated carbocycles. The van der Waals surface area contributed by atoms with E-state index in [4.69, 9.17) is 0 Å². The smallest absolute Gasteiger partial charge is 0.101 e. The molecule has 0 bridgehead atoms. The number of hydrogen-bond donors (Lipinski definition) is 1. The summed E-state index contributed by atoms with van der Waals surface area (Å²) in [5.74, 6) is -0.265. The van der Waals surface area contributed by atoms with Gasteiger partial charge in [0.05, 0.1) is 11.6 Å². The monoisotopic (exact) mass is 290 g/mol. The molecule has 0 saturated heterocycles. The molecule has 2 heterocycles. The second-order valence-electron chi connectivity index (χ2n) is 5.49. The average Bonchev–Trinajstić information content (AvgIpc) is 2.58. The zero-order valence-electron chi connectivity index (χ0n) is 12.4. The molecule has 1 aromatic carbocycles. The quantitative estimate of drug-likeness (QED) is 0.799. The number of aromatic nitrogens is 2. The largest absolute Gasteiger partial charge is 0.384 e. The van der Waals surface area contributed by atoms with Gasteiger partial charge in [-0.25, -0.2) is 0 Å². The maximum atomic E-state index is 11.3. The van der Waals surface area contributed by atoms with Gasteiger partial charge in [-0.1, -0.05) is 42.5 Å². The van der Waals surface area contributed by atoms with Gasteiger partial charge < -0.3 is 5.11 Å². The Morgan fingerprint density at radius 3 is 2.32 bits per heavy atom. The lowest BCUT2D eigenvalue weighted by atomic mass is 9.77. The van der Waals surface area contributed by atoms with Crippen molar-refractivity contribution >= 4 is 0 Å². The van der Waals surface area contributed by atoms with E-state index in [0.29, 0.717) is 0 Å².